The summed E-state index contributed by atoms with van der Waals surface area (Å²) >= 11 is 6.61. The van der Waals surface area contributed by atoms with E-state index in [9.17, 15) is 9.59 Å². The van der Waals surface area contributed by atoms with Gasteiger partial charge < -0.3 is 19.5 Å². The summed E-state index contributed by atoms with van der Waals surface area (Å²) < 4.78 is 15.4. The van der Waals surface area contributed by atoms with Crippen LogP contribution < -0.4 is 25.6 Å². The molecule has 0 saturated carbocycles. The van der Waals surface area contributed by atoms with Crippen LogP contribution in [0.4, 0.5) is 5.00 Å². The Labute approximate surface area is 187 Å². The number of hydrazine groups is 1. The lowest BCUT2D eigenvalue weighted by Crippen LogP contribution is -2.43. The Bertz CT molecular complexity index is 1150. The average molecular weight is 456 g/mol. The molecule has 3 N–H and O–H groups in total. The first-order valence-corrected chi connectivity index (χ1v) is 10.3. The van der Waals surface area contributed by atoms with Crippen molar-refractivity contribution >= 4 is 45.5 Å². The summed E-state index contributed by atoms with van der Waals surface area (Å²) in [4.78, 5) is 25.4. The predicted octanol–water partition coefficient (Wildman–Crippen LogP) is 3.56. The maximum atomic E-state index is 12.4. The largest absolute Gasteiger partial charge is 0.465 e. The molecular weight excluding hydrogens is 438 g/mol. The number of methoxy groups -OCH3 is 1. The summed E-state index contributed by atoms with van der Waals surface area (Å²) in [5, 5.41) is 3.56. The second-order valence-electron chi connectivity index (χ2n) is 6.31. The maximum absolute atomic E-state index is 12.4. The number of amides is 1. The highest BCUT2D eigenvalue weighted by atomic mass is 32.1. The highest BCUT2D eigenvalue weighted by molar-refractivity contribution is 7.80. The highest BCUT2D eigenvalue weighted by Crippen LogP contribution is 2.36. The van der Waals surface area contributed by atoms with Crippen LogP contribution in [0.5, 0.6) is 11.5 Å². The van der Waals surface area contributed by atoms with E-state index in [1.165, 1.54) is 18.4 Å². The number of fused-ring (bicyclic) bond motifs is 1. The second-order valence-corrected chi connectivity index (χ2v) is 7.77. The number of esters is 1. The van der Waals surface area contributed by atoms with Crippen molar-refractivity contribution in [1.29, 1.82) is 0 Å². The molecule has 0 saturated heterocycles. The van der Waals surface area contributed by atoms with E-state index >= 15 is 0 Å². The molecule has 2 heterocycles. The van der Waals surface area contributed by atoms with E-state index in [1.807, 2.05) is 30.3 Å². The Balaban J connectivity index is 1.43. The van der Waals surface area contributed by atoms with Gasteiger partial charge in [0, 0.05) is 10.4 Å². The summed E-state index contributed by atoms with van der Waals surface area (Å²) in [5.74, 6) is 0.187. The SMILES string of the molecule is COC(=O)c1cc(-c2ccccc2)sc1NC(=S)NNC(=O)c1ccc2c(c1)OCO2. The van der Waals surface area contributed by atoms with Gasteiger partial charge in [0.15, 0.2) is 16.6 Å². The average Bonchev–Trinajstić information content (AvgIpc) is 3.44. The van der Waals surface area contributed by atoms with Crippen LogP contribution in [0.2, 0.25) is 0 Å². The van der Waals surface area contributed by atoms with Crippen molar-refractivity contribution < 1.29 is 23.8 Å². The lowest BCUT2D eigenvalue weighted by atomic mass is 10.1. The molecule has 31 heavy (non-hydrogen) atoms. The molecule has 0 unspecified atom stereocenters. The summed E-state index contributed by atoms with van der Waals surface area (Å²) in [6.07, 6.45) is 0. The van der Waals surface area contributed by atoms with Gasteiger partial charge in [-0.25, -0.2) is 4.79 Å². The van der Waals surface area contributed by atoms with E-state index in [4.69, 9.17) is 26.4 Å². The molecule has 2 aromatic carbocycles. The van der Waals surface area contributed by atoms with Gasteiger partial charge in [0.2, 0.25) is 6.79 Å². The van der Waals surface area contributed by atoms with Crippen LogP contribution >= 0.6 is 23.6 Å². The Morgan fingerprint density at radius 1 is 1.03 bits per heavy atom. The Morgan fingerprint density at radius 2 is 1.81 bits per heavy atom. The zero-order valence-electron chi connectivity index (χ0n) is 16.3. The monoisotopic (exact) mass is 455 g/mol. The molecule has 10 heteroatoms. The van der Waals surface area contributed by atoms with Gasteiger partial charge >= 0.3 is 5.97 Å². The summed E-state index contributed by atoms with van der Waals surface area (Å²) in [5.41, 5.74) is 6.82. The Kier molecular flexibility index (Phi) is 6.01. The molecule has 1 aliphatic rings. The fourth-order valence-corrected chi connectivity index (χ4v) is 4.12. The van der Waals surface area contributed by atoms with Crippen LogP contribution in [0.15, 0.2) is 54.6 Å². The number of benzene rings is 2. The Hall–Kier alpha value is -3.63. The van der Waals surface area contributed by atoms with Crippen LogP contribution in [0, 0.1) is 0 Å². The fraction of sp³-hybridized carbons (Fsp3) is 0.0952. The molecule has 0 fully saturated rings. The molecule has 0 radical (unpaired) electrons. The molecule has 4 rings (SSSR count). The first kappa shape index (κ1) is 20.6. The van der Waals surface area contributed by atoms with Crippen LogP contribution in [-0.2, 0) is 4.74 Å². The number of nitrogens with one attached hydrogen (secondary N) is 3. The third kappa shape index (κ3) is 4.60. The lowest BCUT2D eigenvalue weighted by Gasteiger charge is -2.11. The smallest absolute Gasteiger partial charge is 0.340 e. The zero-order valence-corrected chi connectivity index (χ0v) is 17.9. The maximum Gasteiger partial charge on any atom is 0.340 e. The number of anilines is 1. The van der Waals surface area contributed by atoms with Gasteiger partial charge in [0.05, 0.1) is 12.7 Å². The molecule has 0 spiro atoms. The summed E-state index contributed by atoms with van der Waals surface area (Å²) in [6, 6.07) is 16.2. The van der Waals surface area contributed by atoms with E-state index in [0.29, 0.717) is 27.6 Å². The molecule has 0 aliphatic carbocycles. The number of rotatable bonds is 4. The first-order valence-electron chi connectivity index (χ1n) is 9.09. The van der Waals surface area contributed by atoms with Crippen molar-refractivity contribution in [2.24, 2.45) is 0 Å². The third-order valence-electron chi connectivity index (χ3n) is 4.35. The van der Waals surface area contributed by atoms with E-state index in [-0.39, 0.29) is 11.9 Å². The van der Waals surface area contributed by atoms with Gasteiger partial charge in [-0.1, -0.05) is 30.3 Å². The molecule has 1 aromatic heterocycles. The van der Waals surface area contributed by atoms with Crippen LogP contribution in [-0.4, -0.2) is 30.9 Å². The standard InChI is InChI=1S/C21H17N3O5S2/c1-27-20(26)14-10-17(12-5-3-2-4-6-12)31-19(14)22-21(30)24-23-18(25)13-7-8-15-16(9-13)29-11-28-15/h2-10H,11H2,1H3,(H,23,25)(H2,22,24,30). The number of ether oxygens (including phenoxy) is 3. The topological polar surface area (TPSA) is 97.9 Å². The van der Waals surface area contributed by atoms with Crippen molar-refractivity contribution in [3.63, 3.8) is 0 Å². The first-order chi connectivity index (χ1) is 15.0. The van der Waals surface area contributed by atoms with Gasteiger partial charge in [0.1, 0.15) is 5.00 Å². The van der Waals surface area contributed by atoms with Crippen LogP contribution in [0.25, 0.3) is 10.4 Å². The molecule has 8 nitrogen and oxygen atoms in total. The van der Waals surface area contributed by atoms with Crippen molar-refractivity contribution in [3.8, 4) is 21.9 Å². The van der Waals surface area contributed by atoms with E-state index in [2.05, 4.69) is 16.2 Å². The molecule has 3 aromatic rings. The van der Waals surface area contributed by atoms with Crippen LogP contribution in [0.3, 0.4) is 0 Å². The van der Waals surface area contributed by atoms with Gasteiger partial charge in [-0.05, 0) is 42.0 Å². The second kappa shape index (κ2) is 9.02. The molecule has 0 bridgehead atoms. The quantitative estimate of drug-likeness (QED) is 0.312. The molecular formula is C21H17N3O5S2. The van der Waals surface area contributed by atoms with Crippen molar-refractivity contribution in [1.82, 2.24) is 10.9 Å². The van der Waals surface area contributed by atoms with Gasteiger partial charge in [0.25, 0.3) is 5.91 Å². The van der Waals surface area contributed by atoms with Crippen LogP contribution in [0.1, 0.15) is 20.7 Å². The van der Waals surface area contributed by atoms with Gasteiger partial charge in [-0.2, -0.15) is 0 Å². The number of thiocarbonyl (C=S) groups is 1. The minimum atomic E-state index is -0.492. The zero-order chi connectivity index (χ0) is 21.8. The molecule has 158 valence electrons. The Morgan fingerprint density at radius 3 is 2.58 bits per heavy atom. The van der Waals surface area contributed by atoms with Crippen molar-refractivity contribution in [2.45, 2.75) is 0 Å². The van der Waals surface area contributed by atoms with Crippen molar-refractivity contribution in [3.05, 3.63) is 65.7 Å². The molecule has 0 atom stereocenters. The van der Waals surface area contributed by atoms with Gasteiger partial charge in [-0.3, -0.25) is 15.6 Å². The van der Waals surface area contributed by atoms with E-state index in [0.717, 1.165) is 10.4 Å². The van der Waals surface area contributed by atoms with E-state index in [1.54, 1.807) is 24.3 Å². The van der Waals surface area contributed by atoms with E-state index < -0.39 is 11.9 Å². The minimum Gasteiger partial charge on any atom is -0.465 e. The van der Waals surface area contributed by atoms with Crippen molar-refractivity contribution in [2.75, 3.05) is 19.2 Å². The number of hydrogen-bond acceptors (Lipinski definition) is 7. The number of carbonyl (C=O) groups excluding carboxylic acids is 2. The minimum absolute atomic E-state index is 0.112. The fourth-order valence-electron chi connectivity index (χ4n) is 2.85. The summed E-state index contributed by atoms with van der Waals surface area (Å²) in [6.45, 7) is 0.126. The predicted molar refractivity (Wildman–Crippen MR) is 120 cm³/mol. The molecule has 1 amide bonds. The number of hydrogen-bond donors (Lipinski definition) is 3. The molecule has 1 aliphatic heterocycles. The number of carbonyl (C=O) groups is 2. The normalized spacial score (nSPS) is 11.5. The number of thiophene rings is 1. The summed E-state index contributed by atoms with van der Waals surface area (Å²) in [7, 11) is 1.31. The third-order valence-corrected chi connectivity index (χ3v) is 5.65. The highest BCUT2D eigenvalue weighted by Gasteiger charge is 2.19. The lowest BCUT2D eigenvalue weighted by molar-refractivity contribution is 0.0602. The van der Waals surface area contributed by atoms with Gasteiger partial charge in [-0.15, -0.1) is 11.3 Å².